The lowest BCUT2D eigenvalue weighted by Crippen LogP contribution is -2.55. The SMILES string of the molecule is C[C@@H]1OCC2(CCN(c3cnc4c(N5CCCc6nc(-c7cnn(C)c7)ccc65)nn(C5CCCCO5)c4n3)CC2)[C@@H]1NC(=O)OC(C)(C)C. The molecular formula is C36H48N10O4. The first kappa shape index (κ1) is 32.9. The predicted octanol–water partition coefficient (Wildman–Crippen LogP) is 5.30. The molecule has 50 heavy (non-hydrogen) atoms. The number of piperidine rings is 1. The number of aromatic nitrogens is 7. The zero-order chi connectivity index (χ0) is 34.6. The predicted molar refractivity (Wildman–Crippen MR) is 188 cm³/mol. The number of nitrogens with one attached hydrogen (secondary N) is 1. The number of rotatable bonds is 5. The van der Waals surface area contributed by atoms with Crippen molar-refractivity contribution < 1.29 is 19.0 Å². The molecule has 8 heterocycles. The van der Waals surface area contributed by atoms with E-state index in [9.17, 15) is 4.79 Å². The van der Waals surface area contributed by atoms with Crippen LogP contribution in [0.25, 0.3) is 22.4 Å². The minimum atomic E-state index is -0.562. The summed E-state index contributed by atoms with van der Waals surface area (Å²) < 4.78 is 21.8. The van der Waals surface area contributed by atoms with Crippen molar-refractivity contribution in [2.24, 2.45) is 12.5 Å². The number of carbonyl (C=O) groups is 1. The molecule has 1 N–H and O–H groups in total. The number of hydrogen-bond donors (Lipinski definition) is 1. The minimum Gasteiger partial charge on any atom is -0.444 e. The average molecular weight is 685 g/mol. The quantitative estimate of drug-likeness (QED) is 0.293. The molecule has 3 atom stereocenters. The average Bonchev–Trinajstić information content (AvgIpc) is 3.80. The molecule has 0 radical (unpaired) electrons. The number of fused-ring (bicyclic) bond motifs is 2. The summed E-state index contributed by atoms with van der Waals surface area (Å²) in [6.45, 7) is 11.3. The van der Waals surface area contributed by atoms with Crippen LogP contribution in [0, 0.1) is 5.41 Å². The Balaban J connectivity index is 1.07. The summed E-state index contributed by atoms with van der Waals surface area (Å²) in [5, 5.41) is 12.7. The molecular weight excluding hydrogens is 636 g/mol. The Kier molecular flexibility index (Phi) is 8.41. The van der Waals surface area contributed by atoms with Crippen molar-refractivity contribution in [2.75, 3.05) is 42.6 Å². The maximum absolute atomic E-state index is 12.8. The number of alkyl carbamates (subject to hydrolysis) is 1. The molecule has 0 aromatic carbocycles. The zero-order valence-corrected chi connectivity index (χ0v) is 29.8. The van der Waals surface area contributed by atoms with E-state index in [1.807, 2.05) is 58.0 Å². The number of ether oxygens (including phenoxy) is 3. The molecule has 4 aliphatic heterocycles. The largest absolute Gasteiger partial charge is 0.444 e. The molecule has 14 heteroatoms. The molecule has 3 saturated heterocycles. The third kappa shape index (κ3) is 6.16. The van der Waals surface area contributed by atoms with Crippen molar-refractivity contribution in [3.05, 3.63) is 36.4 Å². The molecule has 4 aromatic heterocycles. The molecule has 14 nitrogen and oxygen atoms in total. The van der Waals surface area contributed by atoms with E-state index < -0.39 is 11.7 Å². The van der Waals surface area contributed by atoms with Gasteiger partial charge in [0.05, 0.1) is 48.2 Å². The maximum atomic E-state index is 12.8. The van der Waals surface area contributed by atoms with E-state index in [4.69, 9.17) is 34.3 Å². The van der Waals surface area contributed by atoms with Crippen molar-refractivity contribution in [3.8, 4) is 11.3 Å². The topological polar surface area (TPSA) is 138 Å². The lowest BCUT2D eigenvalue weighted by molar-refractivity contribution is -0.0368. The van der Waals surface area contributed by atoms with Gasteiger partial charge in [0.25, 0.3) is 0 Å². The van der Waals surface area contributed by atoms with E-state index >= 15 is 0 Å². The molecule has 1 unspecified atom stereocenters. The molecule has 4 aromatic rings. The van der Waals surface area contributed by atoms with Crippen LogP contribution >= 0.6 is 0 Å². The van der Waals surface area contributed by atoms with Gasteiger partial charge in [-0.15, -0.1) is 5.10 Å². The summed E-state index contributed by atoms with van der Waals surface area (Å²) in [6, 6.07) is 4.09. The second-order valence-electron chi connectivity index (χ2n) is 15.3. The molecule has 266 valence electrons. The van der Waals surface area contributed by atoms with E-state index in [-0.39, 0.29) is 23.8 Å². The molecule has 0 aliphatic carbocycles. The Morgan fingerprint density at radius 1 is 1.06 bits per heavy atom. The van der Waals surface area contributed by atoms with Crippen LogP contribution in [0.5, 0.6) is 0 Å². The van der Waals surface area contributed by atoms with Gasteiger partial charge in [0, 0.05) is 50.5 Å². The summed E-state index contributed by atoms with van der Waals surface area (Å²) in [6.07, 6.45) is 11.6. The van der Waals surface area contributed by atoms with Gasteiger partial charge in [-0.25, -0.2) is 19.4 Å². The highest BCUT2D eigenvalue weighted by atomic mass is 16.6. The Morgan fingerprint density at radius 3 is 2.64 bits per heavy atom. The van der Waals surface area contributed by atoms with Crippen LogP contribution in [0.3, 0.4) is 0 Å². The van der Waals surface area contributed by atoms with Gasteiger partial charge in [-0.2, -0.15) is 5.10 Å². The number of aryl methyl sites for hydroxylation is 2. The monoisotopic (exact) mass is 684 g/mol. The number of anilines is 3. The smallest absolute Gasteiger partial charge is 0.407 e. The van der Waals surface area contributed by atoms with E-state index in [1.165, 1.54) is 0 Å². The van der Waals surface area contributed by atoms with Gasteiger partial charge in [-0.3, -0.25) is 9.67 Å². The van der Waals surface area contributed by atoms with Crippen LogP contribution in [0.15, 0.2) is 30.7 Å². The zero-order valence-electron chi connectivity index (χ0n) is 29.8. The van der Waals surface area contributed by atoms with Crippen LogP contribution in [-0.4, -0.2) is 91.2 Å². The molecule has 4 aliphatic rings. The second kappa shape index (κ2) is 12.8. The fourth-order valence-corrected chi connectivity index (χ4v) is 8.04. The van der Waals surface area contributed by atoms with Crippen molar-refractivity contribution in [1.29, 1.82) is 0 Å². The third-order valence-electron chi connectivity index (χ3n) is 10.6. The summed E-state index contributed by atoms with van der Waals surface area (Å²) in [7, 11) is 1.92. The molecule has 8 rings (SSSR count). The van der Waals surface area contributed by atoms with Gasteiger partial charge in [0.1, 0.15) is 11.4 Å². The normalized spacial score (nSPS) is 23.7. The van der Waals surface area contributed by atoms with Gasteiger partial charge < -0.3 is 29.3 Å². The van der Waals surface area contributed by atoms with Crippen molar-refractivity contribution in [2.45, 2.75) is 96.6 Å². The van der Waals surface area contributed by atoms with Gasteiger partial charge >= 0.3 is 6.09 Å². The minimum absolute atomic E-state index is 0.0921. The van der Waals surface area contributed by atoms with Crippen molar-refractivity contribution in [1.82, 2.24) is 39.8 Å². The highest BCUT2D eigenvalue weighted by Gasteiger charge is 2.50. The fraction of sp³-hybridized carbons (Fsp3) is 0.611. The van der Waals surface area contributed by atoms with Crippen LogP contribution < -0.4 is 15.1 Å². The summed E-state index contributed by atoms with van der Waals surface area (Å²) >= 11 is 0. The van der Waals surface area contributed by atoms with Gasteiger partial charge in [0.2, 0.25) is 0 Å². The number of hydrogen-bond acceptors (Lipinski definition) is 11. The highest BCUT2D eigenvalue weighted by molar-refractivity contribution is 5.88. The lowest BCUT2D eigenvalue weighted by Gasteiger charge is -2.42. The number of amides is 1. The second-order valence-corrected chi connectivity index (χ2v) is 15.3. The molecule has 3 fully saturated rings. The van der Waals surface area contributed by atoms with Crippen LogP contribution in [0.1, 0.15) is 78.1 Å². The fourth-order valence-electron chi connectivity index (χ4n) is 8.04. The van der Waals surface area contributed by atoms with Gasteiger partial charge in [-0.1, -0.05) is 0 Å². The first-order valence-electron chi connectivity index (χ1n) is 18.1. The van der Waals surface area contributed by atoms with Gasteiger partial charge in [0.15, 0.2) is 23.2 Å². The molecule has 0 saturated carbocycles. The number of carbonyl (C=O) groups excluding carboxylic acids is 1. The van der Waals surface area contributed by atoms with E-state index in [1.54, 1.807) is 4.68 Å². The Labute approximate surface area is 292 Å². The first-order valence-corrected chi connectivity index (χ1v) is 18.1. The first-order chi connectivity index (χ1) is 24.1. The Bertz CT molecular complexity index is 1870. The third-order valence-corrected chi connectivity index (χ3v) is 10.6. The van der Waals surface area contributed by atoms with E-state index in [2.05, 4.69) is 32.3 Å². The standard InChI is InChI=1S/C36H48N10O4/c1-23-31(41-34(47)50-35(2,3)4)36(22-49-23)13-16-44(17-14-36)28-20-37-30-32(40-28)46(29-10-6-7-18-48-29)42-33(30)45-15-8-9-26-27(45)12-11-25(39-26)24-19-38-43(5)21-24/h11-12,19-21,23,29,31H,6-10,13-18,22H2,1-5H3,(H,41,47)/t23-,29?,31+/m0/s1. The summed E-state index contributed by atoms with van der Waals surface area (Å²) in [5.41, 5.74) is 4.79. The number of nitrogens with zero attached hydrogens (tertiary/aromatic N) is 9. The molecule has 1 spiro atoms. The van der Waals surface area contributed by atoms with E-state index in [0.717, 1.165) is 110 Å². The Hall–Kier alpha value is -4.30. The summed E-state index contributed by atoms with van der Waals surface area (Å²) in [5.74, 6) is 1.61. The maximum Gasteiger partial charge on any atom is 0.407 e. The van der Waals surface area contributed by atoms with Crippen LogP contribution in [-0.2, 0) is 27.7 Å². The van der Waals surface area contributed by atoms with Crippen LogP contribution in [0.4, 0.5) is 22.1 Å². The van der Waals surface area contributed by atoms with Crippen molar-refractivity contribution >= 4 is 34.6 Å². The molecule has 0 bridgehead atoms. The lowest BCUT2D eigenvalue weighted by atomic mass is 9.73. The van der Waals surface area contributed by atoms with Gasteiger partial charge in [-0.05, 0) is 84.8 Å². The van der Waals surface area contributed by atoms with Crippen molar-refractivity contribution in [3.63, 3.8) is 0 Å². The van der Waals surface area contributed by atoms with E-state index in [0.29, 0.717) is 13.2 Å². The number of pyridine rings is 1. The van der Waals surface area contributed by atoms with Crippen LogP contribution in [0.2, 0.25) is 0 Å². The highest BCUT2D eigenvalue weighted by Crippen LogP contribution is 2.44. The summed E-state index contributed by atoms with van der Waals surface area (Å²) in [4.78, 5) is 32.7. The Morgan fingerprint density at radius 2 is 1.90 bits per heavy atom. The molecule has 1 amide bonds.